The van der Waals surface area contributed by atoms with Gasteiger partial charge in [0.15, 0.2) is 0 Å². The van der Waals surface area contributed by atoms with Gasteiger partial charge in [0.1, 0.15) is 5.75 Å². The van der Waals surface area contributed by atoms with E-state index in [2.05, 4.69) is 25.6 Å². The smallest absolute Gasteiger partial charge is 0.233 e. The molecule has 1 aromatic carbocycles. The van der Waals surface area contributed by atoms with Gasteiger partial charge >= 0.3 is 0 Å². The molecule has 0 aliphatic rings. The van der Waals surface area contributed by atoms with Crippen LogP contribution in [0.3, 0.4) is 0 Å². The van der Waals surface area contributed by atoms with Crippen LogP contribution in [0.4, 0.5) is 23.5 Å². The summed E-state index contributed by atoms with van der Waals surface area (Å²) < 4.78 is 5.14. The zero-order chi connectivity index (χ0) is 15.2. The monoisotopic (exact) mass is 288 g/mol. The van der Waals surface area contributed by atoms with Crippen LogP contribution in [0.15, 0.2) is 24.3 Å². The minimum Gasteiger partial charge on any atom is -0.497 e. The van der Waals surface area contributed by atoms with Crippen LogP contribution in [0.2, 0.25) is 0 Å². The number of aromatic nitrogens is 3. The molecule has 0 saturated heterocycles. The first-order valence-corrected chi connectivity index (χ1v) is 6.70. The molecule has 0 spiro atoms. The van der Waals surface area contributed by atoms with E-state index >= 15 is 0 Å². The van der Waals surface area contributed by atoms with Crippen molar-refractivity contribution in [3.63, 3.8) is 0 Å². The molecule has 1 aromatic heterocycles. The second-order valence-corrected chi connectivity index (χ2v) is 4.56. The van der Waals surface area contributed by atoms with Crippen molar-refractivity contribution in [2.75, 3.05) is 43.3 Å². The first kappa shape index (κ1) is 14.8. The summed E-state index contributed by atoms with van der Waals surface area (Å²) in [4.78, 5) is 14.9. The van der Waals surface area contributed by atoms with Gasteiger partial charge in [0.25, 0.3) is 0 Å². The molecule has 2 rings (SSSR count). The highest BCUT2D eigenvalue weighted by atomic mass is 16.5. The third-order valence-electron chi connectivity index (χ3n) is 2.70. The fourth-order valence-electron chi connectivity index (χ4n) is 1.66. The number of methoxy groups -OCH3 is 1. The molecule has 7 nitrogen and oxygen atoms in total. The number of hydrogen-bond acceptors (Lipinski definition) is 7. The molecule has 2 aromatic rings. The van der Waals surface area contributed by atoms with Crippen molar-refractivity contribution >= 4 is 23.5 Å². The standard InChI is InChI=1S/C14H20N6O/c1-5-15-12-17-13(19-14(18-12)20(2)3)16-10-6-8-11(21-4)9-7-10/h6-9H,5H2,1-4H3,(H2,15,16,17,18,19). The van der Waals surface area contributed by atoms with E-state index in [0.717, 1.165) is 18.0 Å². The van der Waals surface area contributed by atoms with Crippen LogP contribution >= 0.6 is 0 Å². The number of hydrogen-bond donors (Lipinski definition) is 2. The predicted octanol–water partition coefficient (Wildman–Crippen LogP) is 2.12. The predicted molar refractivity (Wildman–Crippen MR) is 84.6 cm³/mol. The third-order valence-corrected chi connectivity index (χ3v) is 2.70. The van der Waals surface area contributed by atoms with E-state index in [1.807, 2.05) is 50.2 Å². The van der Waals surface area contributed by atoms with E-state index in [9.17, 15) is 0 Å². The summed E-state index contributed by atoms with van der Waals surface area (Å²) in [7, 11) is 5.42. The van der Waals surface area contributed by atoms with Gasteiger partial charge < -0.3 is 20.3 Å². The fraction of sp³-hybridized carbons (Fsp3) is 0.357. The Balaban J connectivity index is 2.24. The fourth-order valence-corrected chi connectivity index (χ4v) is 1.66. The highest BCUT2D eigenvalue weighted by molar-refractivity contribution is 5.56. The first-order valence-electron chi connectivity index (χ1n) is 6.70. The quantitative estimate of drug-likeness (QED) is 0.843. The maximum Gasteiger partial charge on any atom is 0.233 e. The minimum absolute atomic E-state index is 0.495. The maximum atomic E-state index is 5.14. The zero-order valence-electron chi connectivity index (χ0n) is 12.7. The summed E-state index contributed by atoms with van der Waals surface area (Å²) in [5, 5.41) is 6.26. The molecule has 0 bridgehead atoms. The van der Waals surface area contributed by atoms with Crippen LogP contribution in [0.1, 0.15) is 6.92 Å². The number of anilines is 4. The molecule has 7 heteroatoms. The van der Waals surface area contributed by atoms with Crippen molar-refractivity contribution in [1.29, 1.82) is 0 Å². The van der Waals surface area contributed by atoms with Crippen molar-refractivity contribution in [1.82, 2.24) is 15.0 Å². The normalized spacial score (nSPS) is 10.1. The van der Waals surface area contributed by atoms with Gasteiger partial charge in [0.05, 0.1) is 7.11 Å². The molecule has 0 radical (unpaired) electrons. The first-order chi connectivity index (χ1) is 10.1. The molecule has 21 heavy (non-hydrogen) atoms. The van der Waals surface area contributed by atoms with E-state index in [-0.39, 0.29) is 0 Å². The summed E-state index contributed by atoms with van der Waals surface area (Å²) in [5.41, 5.74) is 0.883. The molecule has 0 saturated carbocycles. The lowest BCUT2D eigenvalue weighted by Gasteiger charge is -2.13. The summed E-state index contributed by atoms with van der Waals surface area (Å²) in [6.07, 6.45) is 0. The maximum absolute atomic E-state index is 5.14. The van der Waals surface area contributed by atoms with Gasteiger partial charge in [-0.25, -0.2) is 0 Å². The topological polar surface area (TPSA) is 75.2 Å². The highest BCUT2D eigenvalue weighted by Gasteiger charge is 2.08. The number of nitrogens with one attached hydrogen (secondary N) is 2. The van der Waals surface area contributed by atoms with Gasteiger partial charge in [-0.2, -0.15) is 15.0 Å². The molecule has 0 amide bonds. The summed E-state index contributed by atoms with van der Waals surface area (Å²) >= 11 is 0. The van der Waals surface area contributed by atoms with Crippen LogP contribution in [0.25, 0.3) is 0 Å². The van der Waals surface area contributed by atoms with Gasteiger partial charge in [-0.3, -0.25) is 0 Å². The van der Waals surface area contributed by atoms with Crippen LogP contribution < -0.4 is 20.3 Å². The average Bonchev–Trinajstić information content (AvgIpc) is 2.48. The largest absolute Gasteiger partial charge is 0.497 e. The Morgan fingerprint density at radius 3 is 2.29 bits per heavy atom. The Kier molecular flexibility index (Phi) is 4.76. The second-order valence-electron chi connectivity index (χ2n) is 4.56. The van der Waals surface area contributed by atoms with Crippen molar-refractivity contribution in [2.24, 2.45) is 0 Å². The molecule has 0 aliphatic heterocycles. The van der Waals surface area contributed by atoms with E-state index in [1.165, 1.54) is 0 Å². The molecular formula is C14H20N6O. The van der Waals surface area contributed by atoms with Crippen LogP contribution in [0, 0.1) is 0 Å². The van der Waals surface area contributed by atoms with Crippen LogP contribution in [0.5, 0.6) is 5.75 Å². The van der Waals surface area contributed by atoms with Gasteiger partial charge in [0, 0.05) is 26.3 Å². The molecule has 0 unspecified atom stereocenters. The summed E-state index contributed by atoms with van der Waals surface area (Å²) in [6.45, 7) is 2.74. The van der Waals surface area contributed by atoms with Gasteiger partial charge in [-0.1, -0.05) is 0 Å². The lowest BCUT2D eigenvalue weighted by Crippen LogP contribution is -2.16. The van der Waals surface area contributed by atoms with Crippen LogP contribution in [-0.4, -0.2) is 42.7 Å². The summed E-state index contributed by atoms with van der Waals surface area (Å²) in [5.74, 6) is 2.44. The van der Waals surface area contributed by atoms with E-state index < -0.39 is 0 Å². The molecular weight excluding hydrogens is 268 g/mol. The lowest BCUT2D eigenvalue weighted by atomic mass is 10.3. The van der Waals surface area contributed by atoms with Gasteiger partial charge in [0.2, 0.25) is 17.8 Å². The van der Waals surface area contributed by atoms with E-state index in [0.29, 0.717) is 17.8 Å². The highest BCUT2D eigenvalue weighted by Crippen LogP contribution is 2.19. The Morgan fingerprint density at radius 2 is 1.71 bits per heavy atom. The SMILES string of the molecule is CCNc1nc(Nc2ccc(OC)cc2)nc(N(C)C)n1. The Hall–Kier alpha value is -2.57. The lowest BCUT2D eigenvalue weighted by molar-refractivity contribution is 0.415. The van der Waals surface area contributed by atoms with Crippen molar-refractivity contribution in [2.45, 2.75) is 6.92 Å². The van der Waals surface area contributed by atoms with Crippen molar-refractivity contribution in [3.05, 3.63) is 24.3 Å². The molecule has 0 atom stereocenters. The Bertz CT molecular complexity index is 585. The number of nitrogens with zero attached hydrogens (tertiary/aromatic N) is 4. The number of ether oxygens (including phenoxy) is 1. The molecule has 1 heterocycles. The average molecular weight is 288 g/mol. The van der Waals surface area contributed by atoms with Crippen molar-refractivity contribution in [3.8, 4) is 5.75 Å². The minimum atomic E-state index is 0.495. The van der Waals surface area contributed by atoms with E-state index in [1.54, 1.807) is 7.11 Å². The Labute approximate surface area is 124 Å². The zero-order valence-corrected chi connectivity index (χ0v) is 12.7. The van der Waals surface area contributed by atoms with Gasteiger partial charge in [-0.15, -0.1) is 0 Å². The van der Waals surface area contributed by atoms with Crippen LogP contribution in [-0.2, 0) is 0 Å². The van der Waals surface area contributed by atoms with Gasteiger partial charge in [-0.05, 0) is 31.2 Å². The third kappa shape index (κ3) is 3.95. The second kappa shape index (κ2) is 6.74. The van der Waals surface area contributed by atoms with E-state index in [4.69, 9.17) is 4.74 Å². The molecule has 0 fully saturated rings. The molecule has 2 N–H and O–H groups in total. The summed E-state index contributed by atoms with van der Waals surface area (Å²) in [6, 6.07) is 7.57. The number of benzene rings is 1. The molecule has 112 valence electrons. The van der Waals surface area contributed by atoms with Crippen molar-refractivity contribution < 1.29 is 4.74 Å². The number of rotatable bonds is 6. The molecule has 0 aliphatic carbocycles. The Morgan fingerprint density at radius 1 is 1.05 bits per heavy atom.